The summed E-state index contributed by atoms with van der Waals surface area (Å²) in [6.07, 6.45) is 0. The molecule has 0 saturated heterocycles. The van der Waals surface area contributed by atoms with Gasteiger partial charge in [-0.1, -0.05) is 58.4 Å². The standard InChI is InChI=1S/C16H15BrS/c1-12(2)14-6-3-5-13(9-14)11-18-16-8-4-7-15(17)10-16/h3-10H,1,11H2,2H3. The lowest BCUT2D eigenvalue weighted by Gasteiger charge is -2.05. The first-order valence-electron chi connectivity index (χ1n) is 5.78. The van der Waals surface area contributed by atoms with Crippen molar-refractivity contribution in [2.24, 2.45) is 0 Å². The van der Waals surface area contributed by atoms with Crippen LogP contribution in [0.1, 0.15) is 18.1 Å². The van der Waals surface area contributed by atoms with Gasteiger partial charge in [0.1, 0.15) is 0 Å². The summed E-state index contributed by atoms with van der Waals surface area (Å²) in [7, 11) is 0. The van der Waals surface area contributed by atoms with Crippen LogP contribution in [0.25, 0.3) is 5.57 Å². The van der Waals surface area contributed by atoms with E-state index in [0.29, 0.717) is 0 Å². The average Bonchev–Trinajstić information content (AvgIpc) is 2.37. The Labute approximate surface area is 121 Å². The summed E-state index contributed by atoms with van der Waals surface area (Å²) in [5.74, 6) is 0.984. The molecule has 0 bridgehead atoms. The van der Waals surface area contributed by atoms with E-state index in [4.69, 9.17) is 0 Å². The molecule has 0 heterocycles. The second kappa shape index (κ2) is 6.26. The summed E-state index contributed by atoms with van der Waals surface area (Å²) in [6.45, 7) is 6.03. The van der Waals surface area contributed by atoms with Gasteiger partial charge in [-0.15, -0.1) is 11.8 Å². The lowest BCUT2D eigenvalue weighted by molar-refractivity contribution is 1.36. The first-order chi connectivity index (χ1) is 8.65. The van der Waals surface area contributed by atoms with Gasteiger partial charge in [-0.05, 0) is 36.2 Å². The van der Waals surface area contributed by atoms with Gasteiger partial charge in [-0.2, -0.15) is 0 Å². The minimum atomic E-state index is 0.984. The fraction of sp³-hybridized carbons (Fsp3) is 0.125. The molecule has 0 aliphatic heterocycles. The predicted octanol–water partition coefficient (Wildman–Crippen LogP) is 5.77. The van der Waals surface area contributed by atoms with E-state index >= 15 is 0 Å². The molecule has 0 amide bonds. The molecule has 0 aliphatic carbocycles. The zero-order valence-electron chi connectivity index (χ0n) is 10.3. The summed E-state index contributed by atoms with van der Waals surface area (Å²) in [4.78, 5) is 1.28. The number of allylic oxidation sites excluding steroid dienone is 1. The van der Waals surface area contributed by atoms with Gasteiger partial charge in [-0.3, -0.25) is 0 Å². The number of rotatable bonds is 4. The number of hydrogen-bond acceptors (Lipinski definition) is 1. The minimum Gasteiger partial charge on any atom is -0.121 e. The summed E-state index contributed by atoms with van der Waals surface area (Å²) in [5, 5.41) is 0. The Bertz CT molecular complexity index is 561. The highest BCUT2D eigenvalue weighted by Crippen LogP contribution is 2.26. The van der Waals surface area contributed by atoms with Gasteiger partial charge in [0.25, 0.3) is 0 Å². The highest BCUT2D eigenvalue weighted by molar-refractivity contribution is 9.10. The van der Waals surface area contributed by atoms with Crippen LogP contribution >= 0.6 is 27.7 Å². The largest absolute Gasteiger partial charge is 0.121 e. The SMILES string of the molecule is C=C(C)c1cccc(CSc2cccc(Br)c2)c1. The summed E-state index contributed by atoms with van der Waals surface area (Å²) >= 11 is 5.34. The van der Waals surface area contributed by atoms with Gasteiger partial charge in [-0.25, -0.2) is 0 Å². The molecule has 18 heavy (non-hydrogen) atoms. The first kappa shape index (κ1) is 13.4. The molecule has 0 unspecified atom stereocenters. The van der Waals surface area contributed by atoms with Crippen molar-refractivity contribution >= 4 is 33.3 Å². The molecule has 0 nitrogen and oxygen atoms in total. The second-order valence-electron chi connectivity index (χ2n) is 4.23. The predicted molar refractivity (Wildman–Crippen MR) is 84.9 cm³/mol. The molecule has 2 rings (SSSR count). The molecule has 0 N–H and O–H groups in total. The maximum absolute atomic E-state index is 3.98. The Kier molecular flexibility index (Phi) is 4.67. The highest BCUT2D eigenvalue weighted by Gasteiger charge is 1.99. The van der Waals surface area contributed by atoms with E-state index in [1.165, 1.54) is 16.0 Å². The molecular weight excluding hydrogens is 304 g/mol. The quantitative estimate of drug-likeness (QED) is 0.644. The van der Waals surface area contributed by atoms with Crippen LogP contribution in [0.5, 0.6) is 0 Å². The first-order valence-corrected chi connectivity index (χ1v) is 7.56. The Hall–Kier alpha value is -0.990. The van der Waals surface area contributed by atoms with E-state index < -0.39 is 0 Å². The Morgan fingerprint density at radius 3 is 2.67 bits per heavy atom. The molecule has 0 aromatic heterocycles. The Morgan fingerprint density at radius 1 is 1.17 bits per heavy atom. The fourth-order valence-electron chi connectivity index (χ4n) is 1.65. The van der Waals surface area contributed by atoms with Crippen LogP contribution in [0.3, 0.4) is 0 Å². The van der Waals surface area contributed by atoms with Crippen molar-refractivity contribution in [1.29, 1.82) is 0 Å². The molecule has 2 aromatic carbocycles. The molecule has 0 spiro atoms. The van der Waals surface area contributed by atoms with Crippen LogP contribution in [0, 0.1) is 0 Å². The van der Waals surface area contributed by atoms with E-state index in [0.717, 1.165) is 15.8 Å². The van der Waals surface area contributed by atoms with E-state index in [9.17, 15) is 0 Å². The zero-order valence-corrected chi connectivity index (χ0v) is 12.7. The number of halogens is 1. The van der Waals surface area contributed by atoms with Crippen LogP contribution in [0.2, 0.25) is 0 Å². The van der Waals surface area contributed by atoms with Crippen molar-refractivity contribution < 1.29 is 0 Å². The molecular formula is C16H15BrS. The molecule has 0 atom stereocenters. The van der Waals surface area contributed by atoms with Gasteiger partial charge in [0.05, 0.1) is 0 Å². The fourth-order valence-corrected chi connectivity index (χ4v) is 3.10. The van der Waals surface area contributed by atoms with Crippen molar-refractivity contribution in [1.82, 2.24) is 0 Å². The van der Waals surface area contributed by atoms with Crippen molar-refractivity contribution in [2.45, 2.75) is 17.6 Å². The summed E-state index contributed by atoms with van der Waals surface area (Å²) in [6, 6.07) is 17.0. The molecule has 2 heteroatoms. The van der Waals surface area contributed by atoms with Crippen LogP contribution in [-0.2, 0) is 5.75 Å². The van der Waals surface area contributed by atoms with Gasteiger partial charge in [0.2, 0.25) is 0 Å². The van der Waals surface area contributed by atoms with Crippen molar-refractivity contribution in [2.75, 3.05) is 0 Å². The third-order valence-corrected chi connectivity index (χ3v) is 4.18. The number of benzene rings is 2. The van der Waals surface area contributed by atoms with Crippen LogP contribution < -0.4 is 0 Å². The topological polar surface area (TPSA) is 0 Å². The van der Waals surface area contributed by atoms with Gasteiger partial charge >= 0.3 is 0 Å². The van der Waals surface area contributed by atoms with Gasteiger partial charge < -0.3 is 0 Å². The third-order valence-electron chi connectivity index (χ3n) is 2.62. The molecule has 2 aromatic rings. The van der Waals surface area contributed by atoms with E-state index in [2.05, 4.69) is 65.0 Å². The van der Waals surface area contributed by atoms with Gasteiger partial charge in [0.15, 0.2) is 0 Å². The molecule has 0 aliphatic rings. The molecule has 92 valence electrons. The minimum absolute atomic E-state index is 0.984. The average molecular weight is 319 g/mol. The van der Waals surface area contributed by atoms with E-state index in [-0.39, 0.29) is 0 Å². The smallest absolute Gasteiger partial charge is 0.0232 e. The summed E-state index contributed by atoms with van der Waals surface area (Å²) in [5.41, 5.74) is 3.67. The Morgan fingerprint density at radius 2 is 1.94 bits per heavy atom. The van der Waals surface area contributed by atoms with Crippen LogP contribution in [0.4, 0.5) is 0 Å². The lowest BCUT2D eigenvalue weighted by atomic mass is 10.1. The summed E-state index contributed by atoms with van der Waals surface area (Å²) < 4.78 is 1.13. The van der Waals surface area contributed by atoms with E-state index in [1.807, 2.05) is 24.8 Å². The normalized spacial score (nSPS) is 10.3. The second-order valence-corrected chi connectivity index (χ2v) is 6.19. The van der Waals surface area contributed by atoms with Crippen LogP contribution in [0.15, 0.2) is 64.5 Å². The molecule has 0 fully saturated rings. The van der Waals surface area contributed by atoms with E-state index in [1.54, 1.807) is 0 Å². The number of hydrogen-bond donors (Lipinski definition) is 0. The van der Waals surface area contributed by atoms with Crippen molar-refractivity contribution in [3.05, 3.63) is 70.7 Å². The van der Waals surface area contributed by atoms with Gasteiger partial charge in [0, 0.05) is 15.1 Å². The molecule has 0 radical (unpaired) electrons. The highest BCUT2D eigenvalue weighted by atomic mass is 79.9. The lowest BCUT2D eigenvalue weighted by Crippen LogP contribution is -1.84. The van der Waals surface area contributed by atoms with Crippen molar-refractivity contribution in [3.8, 4) is 0 Å². The third kappa shape index (κ3) is 3.76. The maximum atomic E-state index is 3.98. The zero-order chi connectivity index (χ0) is 13.0. The van der Waals surface area contributed by atoms with Crippen LogP contribution in [-0.4, -0.2) is 0 Å². The maximum Gasteiger partial charge on any atom is 0.0232 e. The van der Waals surface area contributed by atoms with Crippen molar-refractivity contribution in [3.63, 3.8) is 0 Å². The number of thioether (sulfide) groups is 1. The molecule has 0 saturated carbocycles. The Balaban J connectivity index is 2.06. The monoisotopic (exact) mass is 318 g/mol.